The molecule has 1 unspecified atom stereocenters. The van der Waals surface area contributed by atoms with Crippen molar-refractivity contribution in [3.8, 4) is 0 Å². The highest BCUT2D eigenvalue weighted by atomic mass is 35.5. The van der Waals surface area contributed by atoms with E-state index in [1.54, 1.807) is 0 Å². The molecule has 7 heteroatoms. The highest BCUT2D eigenvalue weighted by Crippen LogP contribution is 2.35. The molecule has 0 saturated heterocycles. The van der Waals surface area contributed by atoms with Gasteiger partial charge in [-0.1, -0.05) is 37.6 Å². The highest BCUT2D eigenvalue weighted by molar-refractivity contribution is 6.31. The van der Waals surface area contributed by atoms with Crippen LogP contribution in [0.15, 0.2) is 18.2 Å². The predicted octanol–water partition coefficient (Wildman–Crippen LogP) is 1.96. The van der Waals surface area contributed by atoms with Gasteiger partial charge >= 0.3 is 0 Å². The average molecular weight is 360 g/mol. The number of amides is 2. The zero-order chi connectivity index (χ0) is 16.3. The molecule has 0 aromatic heterocycles. The summed E-state index contributed by atoms with van der Waals surface area (Å²) in [5.74, 6) is -0.492. The smallest absolute Gasteiger partial charge is 0.239 e. The fourth-order valence-corrected chi connectivity index (χ4v) is 2.87. The number of nitrogens with two attached hydrogens (primary N) is 1. The van der Waals surface area contributed by atoms with Gasteiger partial charge in [-0.2, -0.15) is 0 Å². The molecular weight excluding hydrogens is 337 g/mol. The number of hydrogen-bond donors (Lipinski definition) is 3. The van der Waals surface area contributed by atoms with Gasteiger partial charge in [-0.15, -0.1) is 12.4 Å². The fraction of sp³-hybridized carbons (Fsp3) is 0.500. The molecule has 0 fully saturated rings. The molecule has 1 aromatic carbocycles. The average Bonchev–Trinajstić information content (AvgIpc) is 2.88. The fourth-order valence-electron chi connectivity index (χ4n) is 2.59. The summed E-state index contributed by atoms with van der Waals surface area (Å²) in [4.78, 5) is 23.7. The summed E-state index contributed by atoms with van der Waals surface area (Å²) in [5.41, 5.74) is 7.89. The van der Waals surface area contributed by atoms with Crippen LogP contribution in [0.5, 0.6) is 0 Å². The predicted molar refractivity (Wildman–Crippen MR) is 93.7 cm³/mol. The molecule has 1 aliphatic rings. The van der Waals surface area contributed by atoms with Crippen LogP contribution >= 0.6 is 24.0 Å². The van der Waals surface area contributed by atoms with E-state index >= 15 is 0 Å². The van der Waals surface area contributed by atoms with E-state index in [0.717, 1.165) is 29.0 Å². The Labute approximate surface area is 147 Å². The Kier molecular flexibility index (Phi) is 7.32. The van der Waals surface area contributed by atoms with Gasteiger partial charge in [0.1, 0.15) is 0 Å². The van der Waals surface area contributed by atoms with Crippen molar-refractivity contribution in [2.75, 3.05) is 6.54 Å². The first-order chi connectivity index (χ1) is 10.4. The van der Waals surface area contributed by atoms with E-state index in [2.05, 4.69) is 10.6 Å². The van der Waals surface area contributed by atoms with Gasteiger partial charge in [-0.25, -0.2) is 0 Å². The van der Waals surface area contributed by atoms with Crippen molar-refractivity contribution in [3.63, 3.8) is 0 Å². The van der Waals surface area contributed by atoms with Crippen molar-refractivity contribution in [2.45, 2.75) is 38.8 Å². The Bertz CT molecular complexity index is 578. The molecule has 23 heavy (non-hydrogen) atoms. The minimum absolute atomic E-state index is 0. The Morgan fingerprint density at radius 3 is 2.74 bits per heavy atom. The second-order valence-corrected chi connectivity index (χ2v) is 6.36. The van der Waals surface area contributed by atoms with Crippen LogP contribution in [0.4, 0.5) is 0 Å². The molecule has 2 amide bonds. The summed E-state index contributed by atoms with van der Waals surface area (Å²) < 4.78 is 0. The van der Waals surface area contributed by atoms with Crippen molar-refractivity contribution in [1.82, 2.24) is 10.6 Å². The van der Waals surface area contributed by atoms with E-state index in [4.69, 9.17) is 17.3 Å². The Morgan fingerprint density at radius 1 is 1.39 bits per heavy atom. The number of carbonyl (C=O) groups is 2. The summed E-state index contributed by atoms with van der Waals surface area (Å²) in [6.07, 6.45) is 1.68. The van der Waals surface area contributed by atoms with Crippen molar-refractivity contribution in [1.29, 1.82) is 0 Å². The van der Waals surface area contributed by atoms with Crippen LogP contribution in [0, 0.1) is 5.92 Å². The van der Waals surface area contributed by atoms with Gasteiger partial charge in [-0.3, -0.25) is 9.59 Å². The lowest BCUT2D eigenvalue weighted by molar-refractivity contribution is -0.127. The maximum atomic E-state index is 12.0. The molecular formula is C16H23Cl2N3O2. The number of carbonyl (C=O) groups excluding carboxylic acids is 2. The second-order valence-electron chi connectivity index (χ2n) is 5.95. The minimum Gasteiger partial charge on any atom is -0.348 e. The monoisotopic (exact) mass is 359 g/mol. The zero-order valence-corrected chi connectivity index (χ0v) is 14.8. The molecule has 0 spiro atoms. The maximum Gasteiger partial charge on any atom is 0.239 e. The van der Waals surface area contributed by atoms with Gasteiger partial charge in [0.15, 0.2) is 0 Å². The van der Waals surface area contributed by atoms with Gasteiger partial charge in [0.05, 0.1) is 18.6 Å². The first-order valence-corrected chi connectivity index (χ1v) is 7.88. The summed E-state index contributed by atoms with van der Waals surface area (Å²) in [6.45, 7) is 3.67. The first-order valence-electron chi connectivity index (χ1n) is 7.50. The zero-order valence-electron chi connectivity index (χ0n) is 13.3. The van der Waals surface area contributed by atoms with Crippen LogP contribution in [-0.4, -0.2) is 24.4 Å². The standard InChI is InChI=1S/C16H22ClN3O2.ClH/c1-9(2)15(18)16(22)19-8-14(21)20-13-7-6-10-11(13)4-3-5-12(10)17;/h3-5,9,13,15H,6-8,18H2,1-2H3,(H,19,22)(H,20,21);1H/t13?,15-;/m0./s1. The van der Waals surface area contributed by atoms with Crippen molar-refractivity contribution in [2.24, 2.45) is 11.7 Å². The van der Waals surface area contributed by atoms with Crippen LogP contribution < -0.4 is 16.4 Å². The van der Waals surface area contributed by atoms with Crippen molar-refractivity contribution >= 4 is 35.8 Å². The largest absolute Gasteiger partial charge is 0.348 e. The molecule has 5 nitrogen and oxygen atoms in total. The summed E-state index contributed by atoms with van der Waals surface area (Å²) in [6, 6.07) is 5.08. The molecule has 2 rings (SSSR count). The Hall–Kier alpha value is -1.30. The van der Waals surface area contributed by atoms with Gasteiger partial charge < -0.3 is 16.4 Å². The molecule has 1 aliphatic carbocycles. The van der Waals surface area contributed by atoms with Crippen molar-refractivity contribution < 1.29 is 9.59 Å². The first kappa shape index (κ1) is 19.7. The molecule has 128 valence electrons. The normalized spacial score (nSPS) is 17.2. The van der Waals surface area contributed by atoms with Crippen LogP contribution in [0.25, 0.3) is 0 Å². The van der Waals surface area contributed by atoms with Gasteiger partial charge in [-0.05, 0) is 36.0 Å². The number of benzene rings is 1. The molecule has 0 heterocycles. The van der Waals surface area contributed by atoms with Crippen molar-refractivity contribution in [3.05, 3.63) is 34.3 Å². The van der Waals surface area contributed by atoms with E-state index < -0.39 is 6.04 Å². The van der Waals surface area contributed by atoms with E-state index in [-0.39, 0.29) is 42.7 Å². The van der Waals surface area contributed by atoms with E-state index in [0.29, 0.717) is 0 Å². The lowest BCUT2D eigenvalue weighted by Gasteiger charge is -2.17. The summed E-state index contributed by atoms with van der Waals surface area (Å²) >= 11 is 6.16. The number of halogens is 2. The SMILES string of the molecule is CC(C)[C@H](N)C(=O)NCC(=O)NC1CCc2c(Cl)cccc21.Cl. The molecule has 0 aliphatic heterocycles. The topological polar surface area (TPSA) is 84.2 Å². The molecule has 0 radical (unpaired) electrons. The Morgan fingerprint density at radius 2 is 2.09 bits per heavy atom. The van der Waals surface area contributed by atoms with Crippen LogP contribution in [0.1, 0.15) is 37.4 Å². The van der Waals surface area contributed by atoms with Gasteiger partial charge in [0.25, 0.3) is 0 Å². The number of hydrogen-bond acceptors (Lipinski definition) is 3. The highest BCUT2D eigenvalue weighted by Gasteiger charge is 2.25. The number of rotatable bonds is 5. The molecule has 1 aromatic rings. The molecule has 4 N–H and O–H groups in total. The van der Waals surface area contributed by atoms with Crippen LogP contribution in [0.3, 0.4) is 0 Å². The third-order valence-corrected chi connectivity index (χ3v) is 4.35. The van der Waals surface area contributed by atoms with Gasteiger partial charge in [0, 0.05) is 5.02 Å². The molecule has 0 bridgehead atoms. The van der Waals surface area contributed by atoms with E-state index in [9.17, 15) is 9.59 Å². The Balaban J connectivity index is 0.00000264. The lowest BCUT2D eigenvalue weighted by Crippen LogP contribution is -2.47. The molecule has 2 atom stereocenters. The van der Waals surface area contributed by atoms with Crippen LogP contribution in [0.2, 0.25) is 5.02 Å². The number of fused-ring (bicyclic) bond motifs is 1. The summed E-state index contributed by atoms with van der Waals surface area (Å²) in [5, 5.41) is 6.24. The van der Waals surface area contributed by atoms with Gasteiger partial charge in [0.2, 0.25) is 11.8 Å². The maximum absolute atomic E-state index is 12.0. The molecule has 0 saturated carbocycles. The van der Waals surface area contributed by atoms with E-state index in [1.807, 2.05) is 32.0 Å². The quantitative estimate of drug-likeness (QED) is 0.751. The second kappa shape index (κ2) is 8.52. The minimum atomic E-state index is -0.598. The third kappa shape index (κ3) is 4.83. The van der Waals surface area contributed by atoms with Crippen LogP contribution in [-0.2, 0) is 16.0 Å². The third-order valence-electron chi connectivity index (χ3n) is 3.99. The van der Waals surface area contributed by atoms with E-state index in [1.165, 1.54) is 0 Å². The lowest BCUT2D eigenvalue weighted by atomic mass is 10.1. The number of nitrogens with one attached hydrogen (secondary N) is 2. The summed E-state index contributed by atoms with van der Waals surface area (Å²) in [7, 11) is 0.